The maximum Gasteiger partial charge on any atom is 0.0577 e. The first kappa shape index (κ1) is 14.1. The lowest BCUT2D eigenvalue weighted by Gasteiger charge is -2.23. The number of methoxy groups -OCH3 is 1. The van der Waals surface area contributed by atoms with Crippen LogP contribution in [0, 0.1) is 5.92 Å². The van der Waals surface area contributed by atoms with E-state index in [0.29, 0.717) is 18.4 Å². The molecule has 1 saturated carbocycles. The van der Waals surface area contributed by atoms with Crippen LogP contribution in [0.1, 0.15) is 32.6 Å². The van der Waals surface area contributed by atoms with E-state index in [1.54, 1.807) is 7.11 Å². The third kappa shape index (κ3) is 4.93. The SMILES string of the molecule is CCNC(CS(=O)CCOC)C1CCCC1. The average Bonchev–Trinajstić information content (AvgIpc) is 2.79. The van der Waals surface area contributed by atoms with Gasteiger partial charge < -0.3 is 10.1 Å². The summed E-state index contributed by atoms with van der Waals surface area (Å²) in [7, 11) is 0.928. The Balaban J connectivity index is 2.34. The molecule has 1 N–H and O–H groups in total. The molecule has 1 aliphatic carbocycles. The Morgan fingerprint density at radius 2 is 2.12 bits per heavy atom. The van der Waals surface area contributed by atoms with Crippen LogP contribution in [-0.2, 0) is 15.5 Å². The third-order valence-electron chi connectivity index (χ3n) is 3.32. The maximum atomic E-state index is 11.8. The van der Waals surface area contributed by atoms with Gasteiger partial charge in [0.2, 0.25) is 0 Å². The average molecular weight is 247 g/mol. The van der Waals surface area contributed by atoms with Gasteiger partial charge in [0.25, 0.3) is 0 Å². The van der Waals surface area contributed by atoms with E-state index in [2.05, 4.69) is 12.2 Å². The van der Waals surface area contributed by atoms with Crippen molar-refractivity contribution in [1.29, 1.82) is 0 Å². The van der Waals surface area contributed by atoms with Crippen molar-refractivity contribution in [2.75, 3.05) is 31.8 Å². The molecule has 0 bridgehead atoms. The molecule has 0 amide bonds. The first-order chi connectivity index (χ1) is 7.77. The molecule has 0 spiro atoms. The Morgan fingerprint density at radius 1 is 1.44 bits per heavy atom. The van der Waals surface area contributed by atoms with Crippen LogP contribution < -0.4 is 5.32 Å². The zero-order chi connectivity index (χ0) is 11.8. The summed E-state index contributed by atoms with van der Waals surface area (Å²) in [5.41, 5.74) is 0. The highest BCUT2D eigenvalue weighted by Crippen LogP contribution is 2.28. The van der Waals surface area contributed by atoms with Crippen LogP contribution in [0.4, 0.5) is 0 Å². The Bertz CT molecular complexity index is 205. The molecule has 1 aliphatic rings. The van der Waals surface area contributed by atoms with Crippen LogP contribution in [-0.4, -0.2) is 42.0 Å². The Kier molecular flexibility index (Phi) is 7.25. The van der Waals surface area contributed by atoms with E-state index in [1.807, 2.05) is 0 Å². The van der Waals surface area contributed by atoms with Gasteiger partial charge in [0.15, 0.2) is 0 Å². The summed E-state index contributed by atoms with van der Waals surface area (Å²) in [6, 6.07) is 0.449. The maximum absolute atomic E-state index is 11.8. The van der Waals surface area contributed by atoms with E-state index in [-0.39, 0.29) is 0 Å². The lowest BCUT2D eigenvalue weighted by molar-refractivity contribution is 0.218. The number of hydrogen-bond acceptors (Lipinski definition) is 3. The number of rotatable bonds is 8. The smallest absolute Gasteiger partial charge is 0.0577 e. The van der Waals surface area contributed by atoms with Crippen LogP contribution in [0.25, 0.3) is 0 Å². The number of hydrogen-bond donors (Lipinski definition) is 1. The molecule has 16 heavy (non-hydrogen) atoms. The molecule has 0 aromatic carbocycles. The summed E-state index contributed by atoms with van der Waals surface area (Å²) in [6.07, 6.45) is 5.30. The van der Waals surface area contributed by atoms with Crippen molar-refractivity contribution in [1.82, 2.24) is 5.32 Å². The van der Waals surface area contributed by atoms with Gasteiger partial charge in [0, 0.05) is 35.5 Å². The van der Waals surface area contributed by atoms with Crippen molar-refractivity contribution in [3.8, 4) is 0 Å². The summed E-state index contributed by atoms with van der Waals surface area (Å²) in [5, 5.41) is 3.50. The zero-order valence-electron chi connectivity index (χ0n) is 10.5. The lowest BCUT2D eigenvalue weighted by Crippen LogP contribution is -2.40. The molecule has 0 saturated heterocycles. The summed E-state index contributed by atoms with van der Waals surface area (Å²) >= 11 is 0. The second-order valence-electron chi connectivity index (χ2n) is 4.51. The Hall–Kier alpha value is 0.0700. The monoisotopic (exact) mass is 247 g/mol. The van der Waals surface area contributed by atoms with Crippen LogP contribution in [0.2, 0.25) is 0 Å². The van der Waals surface area contributed by atoms with Crippen molar-refractivity contribution < 1.29 is 8.95 Å². The summed E-state index contributed by atoms with van der Waals surface area (Å²) in [5.74, 6) is 2.21. The van der Waals surface area contributed by atoms with E-state index in [9.17, 15) is 4.21 Å². The molecule has 0 aliphatic heterocycles. The van der Waals surface area contributed by atoms with E-state index < -0.39 is 10.8 Å². The van der Waals surface area contributed by atoms with Gasteiger partial charge in [0.1, 0.15) is 0 Å². The Labute approximate surface area is 102 Å². The van der Waals surface area contributed by atoms with E-state index in [4.69, 9.17) is 4.74 Å². The van der Waals surface area contributed by atoms with E-state index in [1.165, 1.54) is 25.7 Å². The molecule has 2 atom stereocenters. The first-order valence-electron chi connectivity index (χ1n) is 6.35. The molecule has 0 heterocycles. The fourth-order valence-electron chi connectivity index (χ4n) is 2.44. The van der Waals surface area contributed by atoms with Gasteiger partial charge in [-0.1, -0.05) is 19.8 Å². The summed E-state index contributed by atoms with van der Waals surface area (Å²) in [6.45, 7) is 3.71. The van der Waals surface area contributed by atoms with Crippen LogP contribution in [0.3, 0.4) is 0 Å². The molecular weight excluding hydrogens is 222 g/mol. The van der Waals surface area contributed by atoms with Crippen molar-refractivity contribution in [3.63, 3.8) is 0 Å². The molecule has 3 nitrogen and oxygen atoms in total. The van der Waals surface area contributed by atoms with Gasteiger partial charge in [-0.25, -0.2) is 0 Å². The fourth-order valence-corrected chi connectivity index (χ4v) is 3.75. The molecule has 1 rings (SSSR count). The second-order valence-corrected chi connectivity index (χ2v) is 6.13. The van der Waals surface area contributed by atoms with Gasteiger partial charge in [-0.2, -0.15) is 0 Å². The fraction of sp³-hybridized carbons (Fsp3) is 1.00. The second kappa shape index (κ2) is 8.20. The van der Waals surface area contributed by atoms with Gasteiger partial charge >= 0.3 is 0 Å². The van der Waals surface area contributed by atoms with Crippen molar-refractivity contribution in [2.45, 2.75) is 38.6 Å². The third-order valence-corrected chi connectivity index (χ3v) is 4.67. The normalized spacial score (nSPS) is 21.1. The molecule has 96 valence electrons. The van der Waals surface area contributed by atoms with E-state index in [0.717, 1.165) is 18.2 Å². The topological polar surface area (TPSA) is 38.3 Å². The molecule has 1 fully saturated rings. The predicted molar refractivity (Wildman–Crippen MR) is 69.2 cm³/mol. The van der Waals surface area contributed by atoms with Gasteiger partial charge in [-0.05, 0) is 25.3 Å². The molecule has 4 heteroatoms. The zero-order valence-corrected chi connectivity index (χ0v) is 11.4. The van der Waals surface area contributed by atoms with Gasteiger partial charge in [-0.3, -0.25) is 4.21 Å². The van der Waals surface area contributed by atoms with E-state index >= 15 is 0 Å². The predicted octanol–water partition coefficient (Wildman–Crippen LogP) is 1.55. The summed E-state index contributed by atoms with van der Waals surface area (Å²) < 4.78 is 16.8. The van der Waals surface area contributed by atoms with Crippen LogP contribution in [0.5, 0.6) is 0 Å². The lowest BCUT2D eigenvalue weighted by atomic mass is 10.00. The standard InChI is InChI=1S/C12H25NO2S/c1-3-13-12(11-6-4-5-7-11)10-16(14)9-8-15-2/h11-13H,3-10H2,1-2H3. The Morgan fingerprint density at radius 3 is 2.69 bits per heavy atom. The molecular formula is C12H25NO2S. The van der Waals surface area contributed by atoms with Crippen molar-refractivity contribution in [2.24, 2.45) is 5.92 Å². The minimum Gasteiger partial charge on any atom is -0.384 e. The number of nitrogens with one attached hydrogen (secondary N) is 1. The minimum atomic E-state index is -0.735. The minimum absolute atomic E-state index is 0.449. The summed E-state index contributed by atoms with van der Waals surface area (Å²) in [4.78, 5) is 0. The molecule has 0 aromatic heterocycles. The van der Waals surface area contributed by atoms with Gasteiger partial charge in [-0.15, -0.1) is 0 Å². The van der Waals surface area contributed by atoms with Crippen molar-refractivity contribution >= 4 is 10.8 Å². The van der Waals surface area contributed by atoms with Gasteiger partial charge in [0.05, 0.1) is 6.61 Å². The quantitative estimate of drug-likeness (QED) is 0.707. The number of ether oxygens (including phenoxy) is 1. The highest BCUT2D eigenvalue weighted by atomic mass is 32.2. The first-order valence-corrected chi connectivity index (χ1v) is 7.84. The van der Waals surface area contributed by atoms with Crippen LogP contribution in [0.15, 0.2) is 0 Å². The molecule has 0 radical (unpaired) electrons. The molecule has 2 unspecified atom stereocenters. The highest BCUT2D eigenvalue weighted by Gasteiger charge is 2.25. The molecule has 0 aromatic rings. The largest absolute Gasteiger partial charge is 0.384 e. The van der Waals surface area contributed by atoms with Crippen LogP contribution >= 0.6 is 0 Å². The van der Waals surface area contributed by atoms with Crippen molar-refractivity contribution in [3.05, 3.63) is 0 Å². The highest BCUT2D eigenvalue weighted by molar-refractivity contribution is 7.85.